The van der Waals surface area contributed by atoms with E-state index in [9.17, 15) is 18.0 Å². The summed E-state index contributed by atoms with van der Waals surface area (Å²) in [5.74, 6) is 0. The smallest absolute Gasteiger partial charge is 0.398 e. The van der Waals surface area contributed by atoms with Gasteiger partial charge in [-0.1, -0.05) is 18.2 Å². The number of hydroxylamine groups is 1. The molecule has 0 radical (unpaired) electrons. The Morgan fingerprint density at radius 3 is 2.44 bits per heavy atom. The molecule has 0 spiro atoms. The number of nitrogen functional groups attached to an aromatic ring is 1. The molecule has 0 bridgehead atoms. The predicted molar refractivity (Wildman–Crippen MR) is 88.5 cm³/mol. The largest absolute Gasteiger partial charge is 0.416 e. The Morgan fingerprint density at radius 2 is 1.84 bits per heavy atom. The summed E-state index contributed by atoms with van der Waals surface area (Å²) in [6.07, 6.45) is -3.36. The van der Waals surface area contributed by atoms with Crippen LogP contribution in [0.15, 0.2) is 42.5 Å². The second-order valence-corrected chi connectivity index (χ2v) is 5.30. The van der Waals surface area contributed by atoms with Crippen LogP contribution < -0.4 is 16.5 Å². The van der Waals surface area contributed by atoms with Gasteiger partial charge in [0.25, 0.3) is 0 Å². The van der Waals surface area contributed by atoms with E-state index in [4.69, 9.17) is 10.6 Å². The van der Waals surface area contributed by atoms with Crippen molar-refractivity contribution in [3.63, 3.8) is 0 Å². The number of carbonyl (C=O) groups excluding carboxylic acids is 1. The Kier molecular flexibility index (Phi) is 6.24. The minimum Gasteiger partial charge on any atom is -0.398 e. The topological polar surface area (TPSA) is 76.4 Å². The van der Waals surface area contributed by atoms with E-state index in [2.05, 4.69) is 10.8 Å². The van der Waals surface area contributed by atoms with Crippen molar-refractivity contribution in [3.8, 4) is 0 Å². The number of anilines is 2. The van der Waals surface area contributed by atoms with Crippen LogP contribution in [-0.2, 0) is 28.8 Å². The van der Waals surface area contributed by atoms with Gasteiger partial charge in [0, 0.05) is 24.3 Å². The zero-order valence-electron chi connectivity index (χ0n) is 13.3. The van der Waals surface area contributed by atoms with Crippen LogP contribution in [0.1, 0.15) is 16.7 Å². The average molecular weight is 353 g/mol. The molecule has 25 heavy (non-hydrogen) atoms. The van der Waals surface area contributed by atoms with E-state index in [0.717, 1.165) is 28.9 Å². The molecule has 0 aromatic heterocycles. The maximum Gasteiger partial charge on any atom is 0.416 e. The molecule has 0 aliphatic carbocycles. The number of nitrogens with two attached hydrogens (primary N) is 1. The normalized spacial score (nSPS) is 11.2. The van der Waals surface area contributed by atoms with Gasteiger partial charge < -0.3 is 11.1 Å². The summed E-state index contributed by atoms with van der Waals surface area (Å²) in [4.78, 5) is 14.9. The van der Waals surface area contributed by atoms with Crippen molar-refractivity contribution in [2.45, 2.75) is 19.1 Å². The molecule has 2 aromatic rings. The summed E-state index contributed by atoms with van der Waals surface area (Å²) in [5, 5.41) is 3.11. The fourth-order valence-corrected chi connectivity index (χ4v) is 2.20. The Morgan fingerprint density at radius 1 is 1.12 bits per heavy atom. The van der Waals surface area contributed by atoms with E-state index in [1.807, 2.05) is 12.1 Å². The summed E-state index contributed by atoms with van der Waals surface area (Å²) in [6, 6.07) is 10.4. The lowest BCUT2D eigenvalue weighted by atomic mass is 10.1. The summed E-state index contributed by atoms with van der Waals surface area (Å²) < 4.78 is 37.6. The lowest BCUT2D eigenvalue weighted by Crippen LogP contribution is -2.14. The molecule has 1 amide bonds. The van der Waals surface area contributed by atoms with Gasteiger partial charge in [0.05, 0.1) is 12.2 Å². The van der Waals surface area contributed by atoms with Crippen LogP contribution in [0.2, 0.25) is 0 Å². The molecule has 0 unspecified atom stereocenters. The Bertz CT molecular complexity index is 703. The molecule has 8 heteroatoms. The van der Waals surface area contributed by atoms with Gasteiger partial charge >= 0.3 is 6.18 Å². The summed E-state index contributed by atoms with van der Waals surface area (Å²) in [5.41, 5.74) is 10.3. The van der Waals surface area contributed by atoms with Gasteiger partial charge in [0.1, 0.15) is 0 Å². The molecule has 0 saturated heterocycles. The van der Waals surface area contributed by atoms with Crippen molar-refractivity contribution in [3.05, 3.63) is 59.2 Å². The molecular weight excluding hydrogens is 335 g/mol. The zero-order valence-corrected chi connectivity index (χ0v) is 13.3. The number of alkyl halides is 3. The van der Waals surface area contributed by atoms with Crippen molar-refractivity contribution in [1.82, 2.24) is 5.48 Å². The Hall–Kier alpha value is -2.74. The zero-order chi connectivity index (χ0) is 18.3. The van der Waals surface area contributed by atoms with E-state index in [-0.39, 0.29) is 0 Å². The number of hydrogen-bond donors (Lipinski definition) is 3. The molecule has 0 aliphatic heterocycles. The van der Waals surface area contributed by atoms with Crippen LogP contribution in [0.4, 0.5) is 24.5 Å². The van der Waals surface area contributed by atoms with Crippen LogP contribution >= 0.6 is 0 Å². The highest BCUT2D eigenvalue weighted by Crippen LogP contribution is 2.29. The first kappa shape index (κ1) is 18.6. The number of hydrogen-bond acceptors (Lipinski definition) is 4. The van der Waals surface area contributed by atoms with Gasteiger partial charge in [-0.15, -0.1) is 0 Å². The Balaban J connectivity index is 1.90. The number of nitrogens with one attached hydrogen (secondary N) is 2. The number of halogens is 3. The van der Waals surface area contributed by atoms with E-state index in [1.165, 1.54) is 12.1 Å². The summed E-state index contributed by atoms with van der Waals surface area (Å²) in [6.45, 7) is 0.671. The molecule has 5 nitrogen and oxygen atoms in total. The standard InChI is InChI=1S/C17H18F3N3O2/c18-17(19,20)14-4-1-12(2-5-14)10-22-15-6-3-13(16(21)9-15)7-8-25-23-11-24/h1-6,9,11,22H,7-8,10,21H2,(H,23,24). The highest BCUT2D eigenvalue weighted by Gasteiger charge is 2.29. The van der Waals surface area contributed by atoms with Gasteiger partial charge in [0.2, 0.25) is 6.41 Å². The minimum atomic E-state index is -4.33. The Labute approximate surface area is 142 Å². The van der Waals surface area contributed by atoms with Crippen molar-refractivity contribution in [1.29, 1.82) is 0 Å². The first-order valence-corrected chi connectivity index (χ1v) is 7.49. The van der Waals surface area contributed by atoms with E-state index in [1.54, 1.807) is 6.07 Å². The lowest BCUT2D eigenvalue weighted by Gasteiger charge is -2.11. The van der Waals surface area contributed by atoms with Crippen molar-refractivity contribution >= 4 is 17.8 Å². The van der Waals surface area contributed by atoms with Gasteiger partial charge in [0.15, 0.2) is 0 Å². The second kappa shape index (κ2) is 8.39. The van der Waals surface area contributed by atoms with Crippen molar-refractivity contribution in [2.75, 3.05) is 17.7 Å². The van der Waals surface area contributed by atoms with E-state index < -0.39 is 11.7 Å². The van der Waals surface area contributed by atoms with E-state index in [0.29, 0.717) is 31.7 Å². The van der Waals surface area contributed by atoms with Crippen LogP contribution in [0.5, 0.6) is 0 Å². The van der Waals surface area contributed by atoms with Gasteiger partial charge in [-0.05, 0) is 35.4 Å². The fourth-order valence-electron chi connectivity index (χ4n) is 2.20. The molecule has 0 saturated carbocycles. The van der Waals surface area contributed by atoms with Crippen LogP contribution in [0.25, 0.3) is 0 Å². The molecule has 134 valence electrons. The third kappa shape index (κ3) is 5.68. The van der Waals surface area contributed by atoms with Crippen molar-refractivity contribution in [2.24, 2.45) is 0 Å². The van der Waals surface area contributed by atoms with Gasteiger partial charge in [-0.3, -0.25) is 9.63 Å². The molecule has 0 aliphatic rings. The first-order chi connectivity index (χ1) is 11.9. The fraction of sp³-hybridized carbons (Fsp3) is 0.235. The maximum absolute atomic E-state index is 12.5. The third-order valence-corrected chi connectivity index (χ3v) is 3.53. The summed E-state index contributed by atoms with van der Waals surface area (Å²) >= 11 is 0. The molecule has 4 N–H and O–H groups in total. The predicted octanol–water partition coefficient (Wildman–Crippen LogP) is 3.12. The summed E-state index contributed by atoms with van der Waals surface area (Å²) in [7, 11) is 0. The molecule has 0 fully saturated rings. The van der Waals surface area contributed by atoms with Crippen LogP contribution in [-0.4, -0.2) is 13.0 Å². The number of rotatable bonds is 8. The average Bonchev–Trinajstić information content (AvgIpc) is 2.58. The second-order valence-electron chi connectivity index (χ2n) is 5.30. The molecule has 0 atom stereocenters. The maximum atomic E-state index is 12.5. The van der Waals surface area contributed by atoms with E-state index >= 15 is 0 Å². The molecule has 2 aromatic carbocycles. The monoisotopic (exact) mass is 353 g/mol. The van der Waals surface area contributed by atoms with Gasteiger partial charge in [-0.25, -0.2) is 5.48 Å². The van der Waals surface area contributed by atoms with Crippen molar-refractivity contribution < 1.29 is 22.8 Å². The van der Waals surface area contributed by atoms with Gasteiger partial charge in [-0.2, -0.15) is 13.2 Å². The number of carbonyl (C=O) groups is 1. The SMILES string of the molecule is Nc1cc(NCc2ccc(C(F)(F)F)cc2)ccc1CCONC=O. The number of benzene rings is 2. The van der Waals surface area contributed by atoms with Crippen LogP contribution in [0, 0.1) is 0 Å². The highest BCUT2D eigenvalue weighted by molar-refractivity contribution is 5.59. The highest BCUT2D eigenvalue weighted by atomic mass is 19.4. The lowest BCUT2D eigenvalue weighted by molar-refractivity contribution is -0.137. The molecular formula is C17H18F3N3O2. The first-order valence-electron chi connectivity index (χ1n) is 7.49. The third-order valence-electron chi connectivity index (χ3n) is 3.53. The number of amides is 1. The molecule has 0 heterocycles. The minimum absolute atomic E-state index is 0.293. The van der Waals surface area contributed by atoms with Crippen LogP contribution in [0.3, 0.4) is 0 Å². The quantitative estimate of drug-likeness (QED) is 0.295. The molecule has 2 rings (SSSR count).